The number of hydrogen-bond acceptors (Lipinski definition) is 3. The Bertz CT molecular complexity index is 3130. The smallest absolute Gasteiger partial charge is 0.144 e. The number of fused-ring (bicyclic) bond motifs is 12. The molecule has 11 rings (SSSR count). The maximum atomic E-state index is 7.06. The molecule has 0 saturated heterocycles. The molecule has 0 fully saturated rings. The minimum atomic E-state index is -0.328. The van der Waals surface area contributed by atoms with Gasteiger partial charge in [-0.2, -0.15) is 0 Å². The number of aryl methyl sites for hydroxylation is 2. The lowest BCUT2D eigenvalue weighted by molar-refractivity contribution is 0.600. The average Bonchev–Trinajstić information content (AvgIpc) is 3.83. The van der Waals surface area contributed by atoms with Crippen LogP contribution in [0.3, 0.4) is 0 Å². The van der Waals surface area contributed by atoms with Crippen molar-refractivity contribution in [2.75, 3.05) is 9.80 Å². The Morgan fingerprint density at radius 2 is 0.864 bits per heavy atom. The minimum Gasteiger partial charge on any atom is -0.455 e. The molecular formula is C56H46N2O. The number of rotatable bonds is 6. The van der Waals surface area contributed by atoms with Gasteiger partial charge in [0.15, 0.2) is 0 Å². The van der Waals surface area contributed by atoms with Gasteiger partial charge in [-0.25, -0.2) is 0 Å². The van der Waals surface area contributed by atoms with Crippen LogP contribution in [0.15, 0.2) is 174 Å². The molecule has 9 aromatic rings. The summed E-state index contributed by atoms with van der Waals surface area (Å²) in [4.78, 5) is 4.82. The summed E-state index contributed by atoms with van der Waals surface area (Å²) in [5.41, 5.74) is 21.2. The van der Waals surface area contributed by atoms with E-state index in [-0.39, 0.29) is 10.8 Å². The molecule has 0 bridgehead atoms. The second-order valence-electron chi connectivity index (χ2n) is 17.4. The number of anilines is 6. The lowest BCUT2D eigenvalue weighted by atomic mass is 9.72. The van der Waals surface area contributed by atoms with E-state index in [0.717, 1.165) is 39.3 Å². The summed E-state index contributed by atoms with van der Waals surface area (Å²) in [7, 11) is 0. The predicted molar refractivity (Wildman–Crippen MR) is 248 cm³/mol. The molecule has 0 unspecified atom stereocenters. The molecule has 3 nitrogen and oxygen atoms in total. The average molecular weight is 763 g/mol. The molecule has 3 heteroatoms. The number of nitrogens with zero attached hydrogens (tertiary/aromatic N) is 2. The van der Waals surface area contributed by atoms with Crippen molar-refractivity contribution in [1.29, 1.82) is 0 Å². The third-order valence-corrected chi connectivity index (χ3v) is 13.2. The molecule has 0 radical (unpaired) electrons. The second kappa shape index (κ2) is 12.8. The SMILES string of the molecule is Cc1ccccc1N(c1ccccc1)c1ccc2c(c1)C(C)(C)c1c3c(c4c(oc5ccccc54)c1-2)-c1ccc(N(c2ccccc2)c2ccccc2C)cc1C3(C)C. The van der Waals surface area contributed by atoms with E-state index in [4.69, 9.17) is 4.42 Å². The molecule has 1 heterocycles. The largest absolute Gasteiger partial charge is 0.455 e. The fourth-order valence-electron chi connectivity index (χ4n) is 10.5. The van der Waals surface area contributed by atoms with Gasteiger partial charge in [-0.15, -0.1) is 0 Å². The molecular weight excluding hydrogens is 717 g/mol. The quantitative estimate of drug-likeness (QED) is 0.168. The highest BCUT2D eigenvalue weighted by Gasteiger charge is 2.49. The molecule has 0 atom stereocenters. The van der Waals surface area contributed by atoms with Gasteiger partial charge in [-0.05, 0) is 131 Å². The highest BCUT2D eigenvalue weighted by atomic mass is 16.3. The lowest BCUT2D eigenvalue weighted by Gasteiger charge is -2.32. The first-order valence-electron chi connectivity index (χ1n) is 20.8. The van der Waals surface area contributed by atoms with Crippen molar-refractivity contribution in [2.45, 2.75) is 52.4 Å². The standard InChI is InChI=1S/C56H46N2O/c1-35-19-13-16-26-46(35)57(37-21-9-7-10-22-37)39-29-31-41-44(33-39)55(3,4)52-49(41)50-43-25-15-18-28-48(43)59-54(50)51-42-32-30-40(34-45(42)56(5,6)53(51)52)58(38-23-11-8-12-24-38)47-27-17-14-20-36(47)2/h7-34H,1-6H3. The van der Waals surface area contributed by atoms with Crippen molar-refractivity contribution in [3.8, 4) is 22.3 Å². The molecule has 0 amide bonds. The molecule has 59 heavy (non-hydrogen) atoms. The fraction of sp³-hybridized carbons (Fsp3) is 0.143. The highest BCUT2D eigenvalue weighted by molar-refractivity contribution is 6.21. The van der Waals surface area contributed by atoms with Gasteiger partial charge in [0.1, 0.15) is 11.2 Å². The van der Waals surface area contributed by atoms with Gasteiger partial charge in [0, 0.05) is 61.3 Å². The first-order chi connectivity index (χ1) is 28.6. The predicted octanol–water partition coefficient (Wildman–Crippen LogP) is 15.8. The second-order valence-corrected chi connectivity index (χ2v) is 17.4. The number of benzene rings is 8. The molecule has 0 saturated carbocycles. The third kappa shape index (κ3) is 5.07. The van der Waals surface area contributed by atoms with Crippen LogP contribution in [0.2, 0.25) is 0 Å². The van der Waals surface area contributed by atoms with Crippen LogP contribution in [0.5, 0.6) is 0 Å². The Kier molecular flexibility index (Phi) is 7.68. The summed E-state index contributed by atoms with van der Waals surface area (Å²) in [5, 5.41) is 2.38. The van der Waals surface area contributed by atoms with Crippen LogP contribution < -0.4 is 9.80 Å². The summed E-state index contributed by atoms with van der Waals surface area (Å²) in [6.07, 6.45) is 0. The van der Waals surface area contributed by atoms with Crippen LogP contribution in [0.1, 0.15) is 61.1 Å². The van der Waals surface area contributed by atoms with Crippen LogP contribution >= 0.6 is 0 Å². The zero-order chi connectivity index (χ0) is 40.2. The summed E-state index contributed by atoms with van der Waals surface area (Å²) >= 11 is 0. The van der Waals surface area contributed by atoms with Gasteiger partial charge in [0.2, 0.25) is 0 Å². The van der Waals surface area contributed by atoms with E-state index in [0.29, 0.717) is 0 Å². The molecule has 0 N–H and O–H groups in total. The van der Waals surface area contributed by atoms with E-state index in [1.807, 2.05) is 0 Å². The first-order valence-corrected chi connectivity index (χ1v) is 20.8. The van der Waals surface area contributed by atoms with Crippen molar-refractivity contribution in [1.82, 2.24) is 0 Å². The Labute approximate surface area is 346 Å². The molecule has 0 spiro atoms. The van der Waals surface area contributed by atoms with Gasteiger partial charge in [-0.1, -0.05) is 131 Å². The molecule has 2 aliphatic rings. The number of para-hydroxylation sites is 5. The number of hydrogen-bond donors (Lipinski definition) is 0. The van der Waals surface area contributed by atoms with Crippen molar-refractivity contribution < 1.29 is 4.42 Å². The molecule has 0 aliphatic heterocycles. The summed E-state index contributed by atoms with van der Waals surface area (Å²) in [5.74, 6) is 0. The topological polar surface area (TPSA) is 19.6 Å². The van der Waals surface area contributed by atoms with Crippen LogP contribution in [-0.2, 0) is 10.8 Å². The van der Waals surface area contributed by atoms with E-state index in [1.165, 1.54) is 72.4 Å². The zero-order valence-electron chi connectivity index (χ0n) is 34.5. The normalized spacial score (nSPS) is 14.2. The molecule has 286 valence electrons. The minimum absolute atomic E-state index is 0.315. The van der Waals surface area contributed by atoms with E-state index in [1.54, 1.807) is 0 Å². The van der Waals surface area contributed by atoms with Crippen molar-refractivity contribution >= 4 is 56.1 Å². The molecule has 2 aliphatic carbocycles. The van der Waals surface area contributed by atoms with E-state index >= 15 is 0 Å². The first kappa shape index (κ1) is 35.3. The molecule has 8 aromatic carbocycles. The Morgan fingerprint density at radius 3 is 1.39 bits per heavy atom. The van der Waals surface area contributed by atoms with E-state index < -0.39 is 0 Å². The summed E-state index contributed by atoms with van der Waals surface area (Å²) < 4.78 is 7.06. The Balaban J connectivity index is 1.16. The van der Waals surface area contributed by atoms with Crippen LogP contribution in [0.25, 0.3) is 44.2 Å². The summed E-state index contributed by atoms with van der Waals surface area (Å²) in [6, 6.07) is 61.8. The monoisotopic (exact) mass is 762 g/mol. The summed E-state index contributed by atoms with van der Waals surface area (Å²) in [6.45, 7) is 14.1. The Hall–Kier alpha value is -6.84. The fourth-order valence-corrected chi connectivity index (χ4v) is 10.5. The third-order valence-electron chi connectivity index (χ3n) is 13.2. The van der Waals surface area contributed by atoms with Crippen molar-refractivity contribution in [3.05, 3.63) is 203 Å². The zero-order valence-corrected chi connectivity index (χ0v) is 34.5. The van der Waals surface area contributed by atoms with E-state index in [9.17, 15) is 0 Å². The van der Waals surface area contributed by atoms with Crippen molar-refractivity contribution in [2.24, 2.45) is 0 Å². The van der Waals surface area contributed by atoms with Gasteiger partial charge >= 0.3 is 0 Å². The number of furan rings is 1. The van der Waals surface area contributed by atoms with Gasteiger partial charge in [0.05, 0.1) is 0 Å². The Morgan fingerprint density at radius 1 is 0.424 bits per heavy atom. The maximum Gasteiger partial charge on any atom is 0.144 e. The van der Waals surface area contributed by atoms with E-state index in [2.05, 4.69) is 221 Å². The highest BCUT2D eigenvalue weighted by Crippen LogP contribution is 2.64. The molecule has 1 aromatic heterocycles. The van der Waals surface area contributed by atoms with Gasteiger partial charge in [-0.3, -0.25) is 0 Å². The maximum absolute atomic E-state index is 7.06. The van der Waals surface area contributed by atoms with Crippen LogP contribution in [-0.4, -0.2) is 0 Å². The van der Waals surface area contributed by atoms with Gasteiger partial charge in [0.25, 0.3) is 0 Å². The van der Waals surface area contributed by atoms with Crippen LogP contribution in [0.4, 0.5) is 34.1 Å². The van der Waals surface area contributed by atoms with Crippen molar-refractivity contribution in [3.63, 3.8) is 0 Å². The lowest BCUT2D eigenvalue weighted by Crippen LogP contribution is -2.24. The van der Waals surface area contributed by atoms with Gasteiger partial charge < -0.3 is 14.2 Å². The van der Waals surface area contributed by atoms with Crippen LogP contribution in [0, 0.1) is 13.8 Å².